The molecule has 1 aromatic heterocycles. The SMILES string of the molecule is CC(C)c1ccc(S(=O)(=O)Nc2nncs2)cc1. The average Bonchev–Trinajstić information content (AvgIpc) is 2.81. The quantitative estimate of drug-likeness (QED) is 0.935. The molecule has 0 spiro atoms. The van der Waals surface area contributed by atoms with Gasteiger partial charge in [0, 0.05) is 0 Å². The summed E-state index contributed by atoms with van der Waals surface area (Å²) in [4.78, 5) is 0.224. The second-order valence-corrected chi connectivity index (χ2v) is 6.59. The highest BCUT2D eigenvalue weighted by molar-refractivity contribution is 7.93. The van der Waals surface area contributed by atoms with E-state index in [1.165, 1.54) is 5.51 Å². The number of nitrogens with zero attached hydrogens (tertiary/aromatic N) is 2. The molecule has 18 heavy (non-hydrogen) atoms. The normalized spacial score (nSPS) is 11.7. The molecule has 1 N–H and O–H groups in total. The molecule has 0 amide bonds. The number of anilines is 1. The number of hydrogen-bond acceptors (Lipinski definition) is 5. The maximum atomic E-state index is 12.0. The molecular formula is C11H13N3O2S2. The van der Waals surface area contributed by atoms with E-state index >= 15 is 0 Å². The van der Waals surface area contributed by atoms with Crippen LogP contribution in [0.4, 0.5) is 5.13 Å². The van der Waals surface area contributed by atoms with Crippen LogP contribution in [-0.4, -0.2) is 18.6 Å². The Balaban J connectivity index is 2.25. The molecule has 0 saturated carbocycles. The lowest BCUT2D eigenvalue weighted by molar-refractivity contribution is 0.601. The predicted molar refractivity (Wildman–Crippen MR) is 71.2 cm³/mol. The highest BCUT2D eigenvalue weighted by Crippen LogP contribution is 2.20. The van der Waals surface area contributed by atoms with Crippen molar-refractivity contribution in [2.75, 3.05) is 4.72 Å². The van der Waals surface area contributed by atoms with E-state index in [1.54, 1.807) is 12.1 Å². The second-order valence-electron chi connectivity index (χ2n) is 4.07. The Hall–Kier alpha value is -1.47. The molecule has 0 aliphatic rings. The van der Waals surface area contributed by atoms with Gasteiger partial charge in [0.2, 0.25) is 5.13 Å². The van der Waals surface area contributed by atoms with Gasteiger partial charge in [0.15, 0.2) is 0 Å². The number of rotatable bonds is 4. The minimum absolute atomic E-state index is 0.224. The molecule has 5 nitrogen and oxygen atoms in total. The molecule has 0 saturated heterocycles. The van der Waals surface area contributed by atoms with Gasteiger partial charge in [-0.2, -0.15) is 0 Å². The Kier molecular flexibility index (Phi) is 3.63. The summed E-state index contributed by atoms with van der Waals surface area (Å²) in [5.41, 5.74) is 2.57. The molecule has 0 unspecified atom stereocenters. The van der Waals surface area contributed by atoms with Crippen molar-refractivity contribution < 1.29 is 8.42 Å². The topological polar surface area (TPSA) is 72.0 Å². The Morgan fingerprint density at radius 2 is 1.89 bits per heavy atom. The monoisotopic (exact) mass is 283 g/mol. The highest BCUT2D eigenvalue weighted by atomic mass is 32.2. The molecule has 7 heteroatoms. The van der Waals surface area contributed by atoms with Crippen molar-refractivity contribution in [1.29, 1.82) is 0 Å². The van der Waals surface area contributed by atoms with Crippen molar-refractivity contribution in [2.45, 2.75) is 24.7 Å². The number of aromatic nitrogens is 2. The molecular weight excluding hydrogens is 270 g/mol. The lowest BCUT2D eigenvalue weighted by Gasteiger charge is -2.08. The Labute approximate surface area is 110 Å². The van der Waals surface area contributed by atoms with E-state index in [4.69, 9.17) is 0 Å². The van der Waals surface area contributed by atoms with Crippen molar-refractivity contribution in [1.82, 2.24) is 10.2 Å². The van der Waals surface area contributed by atoms with Crippen LogP contribution in [0.15, 0.2) is 34.7 Å². The molecule has 0 aliphatic carbocycles. The first-order valence-electron chi connectivity index (χ1n) is 5.38. The van der Waals surface area contributed by atoms with Crippen LogP contribution in [0.1, 0.15) is 25.3 Å². The van der Waals surface area contributed by atoms with Crippen LogP contribution in [0.3, 0.4) is 0 Å². The number of benzene rings is 1. The lowest BCUT2D eigenvalue weighted by Crippen LogP contribution is -2.12. The smallest absolute Gasteiger partial charge is 0.253 e. The van der Waals surface area contributed by atoms with Gasteiger partial charge >= 0.3 is 0 Å². The third-order valence-electron chi connectivity index (χ3n) is 2.44. The first-order valence-corrected chi connectivity index (χ1v) is 7.74. The van der Waals surface area contributed by atoms with Crippen molar-refractivity contribution in [2.24, 2.45) is 0 Å². The van der Waals surface area contributed by atoms with Crippen molar-refractivity contribution in [3.8, 4) is 0 Å². The van der Waals surface area contributed by atoms with E-state index < -0.39 is 10.0 Å². The van der Waals surface area contributed by atoms with Crippen molar-refractivity contribution in [3.63, 3.8) is 0 Å². The number of sulfonamides is 1. The third-order valence-corrected chi connectivity index (χ3v) is 4.53. The maximum absolute atomic E-state index is 12.0. The van der Waals surface area contributed by atoms with Crippen LogP contribution in [0, 0.1) is 0 Å². The predicted octanol–water partition coefficient (Wildman–Crippen LogP) is 2.46. The van der Waals surface area contributed by atoms with E-state index in [2.05, 4.69) is 28.8 Å². The summed E-state index contributed by atoms with van der Waals surface area (Å²) in [6.45, 7) is 4.12. The fourth-order valence-electron chi connectivity index (χ4n) is 1.42. The Morgan fingerprint density at radius 3 is 2.39 bits per heavy atom. The van der Waals surface area contributed by atoms with Gasteiger partial charge in [0.1, 0.15) is 5.51 Å². The zero-order valence-corrected chi connectivity index (χ0v) is 11.6. The second kappa shape index (κ2) is 5.03. The molecule has 1 heterocycles. The minimum Gasteiger partial charge on any atom is -0.253 e. The standard InChI is InChI=1S/C11H13N3O2S2/c1-8(2)9-3-5-10(6-4-9)18(15,16)14-11-13-12-7-17-11/h3-8H,1-2H3,(H,13,14). The van der Waals surface area contributed by atoms with Gasteiger partial charge in [0.05, 0.1) is 4.90 Å². The van der Waals surface area contributed by atoms with Crippen LogP contribution in [0.25, 0.3) is 0 Å². The Morgan fingerprint density at radius 1 is 1.22 bits per heavy atom. The number of hydrogen-bond donors (Lipinski definition) is 1. The largest absolute Gasteiger partial charge is 0.263 e. The zero-order valence-electron chi connectivity index (χ0n) is 9.99. The summed E-state index contributed by atoms with van der Waals surface area (Å²) in [5.74, 6) is 0.373. The molecule has 96 valence electrons. The van der Waals surface area contributed by atoms with E-state index in [0.717, 1.165) is 16.9 Å². The van der Waals surface area contributed by atoms with E-state index in [-0.39, 0.29) is 10.0 Å². The number of nitrogens with one attached hydrogen (secondary N) is 1. The van der Waals surface area contributed by atoms with Crippen LogP contribution < -0.4 is 4.72 Å². The summed E-state index contributed by atoms with van der Waals surface area (Å²) >= 11 is 1.14. The molecule has 1 aromatic carbocycles. The lowest BCUT2D eigenvalue weighted by atomic mass is 10.0. The molecule has 0 fully saturated rings. The fourth-order valence-corrected chi connectivity index (χ4v) is 3.12. The first-order chi connectivity index (χ1) is 8.49. The summed E-state index contributed by atoms with van der Waals surface area (Å²) in [7, 11) is -3.57. The molecule has 0 radical (unpaired) electrons. The van der Waals surface area contributed by atoms with Crippen LogP contribution in [0.2, 0.25) is 0 Å². The van der Waals surface area contributed by atoms with Gasteiger partial charge < -0.3 is 0 Å². The minimum atomic E-state index is -3.57. The van der Waals surface area contributed by atoms with Crippen molar-refractivity contribution >= 4 is 26.5 Å². The van der Waals surface area contributed by atoms with Gasteiger partial charge in [-0.15, -0.1) is 10.2 Å². The van der Waals surface area contributed by atoms with Gasteiger partial charge in [-0.25, -0.2) is 8.42 Å². The summed E-state index contributed by atoms with van der Waals surface area (Å²) in [6, 6.07) is 6.83. The van der Waals surface area contributed by atoms with Crippen molar-refractivity contribution in [3.05, 3.63) is 35.3 Å². The first kappa shape index (κ1) is 13.0. The van der Waals surface area contributed by atoms with E-state index in [1.807, 2.05) is 12.1 Å². The van der Waals surface area contributed by atoms with Gasteiger partial charge in [-0.1, -0.05) is 37.3 Å². The van der Waals surface area contributed by atoms with E-state index in [0.29, 0.717) is 5.92 Å². The Bertz CT molecular complexity index is 604. The summed E-state index contributed by atoms with van der Waals surface area (Å²) in [6.07, 6.45) is 0. The molecule has 2 rings (SSSR count). The maximum Gasteiger partial charge on any atom is 0.263 e. The highest BCUT2D eigenvalue weighted by Gasteiger charge is 2.15. The fraction of sp³-hybridized carbons (Fsp3) is 0.273. The average molecular weight is 283 g/mol. The summed E-state index contributed by atoms with van der Waals surface area (Å²) < 4.78 is 26.4. The van der Waals surface area contributed by atoms with E-state index in [9.17, 15) is 8.42 Å². The van der Waals surface area contributed by atoms with Gasteiger partial charge in [-0.3, -0.25) is 4.72 Å². The molecule has 0 aliphatic heterocycles. The van der Waals surface area contributed by atoms with Crippen LogP contribution >= 0.6 is 11.3 Å². The molecule has 0 atom stereocenters. The van der Waals surface area contributed by atoms with Crippen LogP contribution in [0.5, 0.6) is 0 Å². The van der Waals surface area contributed by atoms with Gasteiger partial charge in [0.25, 0.3) is 10.0 Å². The molecule has 0 bridgehead atoms. The zero-order chi connectivity index (χ0) is 13.2. The molecule has 2 aromatic rings. The third kappa shape index (κ3) is 2.85. The summed E-state index contributed by atoms with van der Waals surface area (Å²) in [5, 5.41) is 7.50. The van der Waals surface area contributed by atoms with Crippen LogP contribution in [-0.2, 0) is 10.0 Å². The van der Waals surface area contributed by atoms with Gasteiger partial charge in [-0.05, 0) is 23.6 Å².